The Morgan fingerprint density at radius 3 is 2.62 bits per heavy atom. The van der Waals surface area contributed by atoms with Gasteiger partial charge >= 0.3 is 5.97 Å². The molecular weight excluding hydrogens is 396 g/mol. The molecule has 0 aliphatic carbocycles. The van der Waals surface area contributed by atoms with E-state index >= 15 is 0 Å². The molecule has 29 heavy (non-hydrogen) atoms. The first-order valence-electron chi connectivity index (χ1n) is 8.50. The summed E-state index contributed by atoms with van der Waals surface area (Å²) in [5, 5.41) is 23.7. The number of hydrogen-bond donors (Lipinski definition) is 3. The summed E-state index contributed by atoms with van der Waals surface area (Å²) >= 11 is 1.31. The van der Waals surface area contributed by atoms with Crippen molar-refractivity contribution in [2.75, 3.05) is 5.32 Å². The van der Waals surface area contributed by atoms with Crippen molar-refractivity contribution in [2.24, 2.45) is 0 Å². The highest BCUT2D eigenvalue weighted by atomic mass is 32.1. The molecule has 10 heteroatoms. The Morgan fingerprint density at radius 1 is 1.28 bits per heavy atom. The highest BCUT2D eigenvalue weighted by Crippen LogP contribution is 2.26. The minimum atomic E-state index is -1.27. The third-order valence-corrected chi connectivity index (χ3v) is 4.75. The lowest BCUT2D eigenvalue weighted by atomic mass is 9.93. The maximum Gasteiger partial charge on any atom is 0.328 e. The molecule has 0 fully saturated rings. The number of rotatable bonds is 4. The van der Waals surface area contributed by atoms with Crippen LogP contribution in [-0.4, -0.2) is 36.5 Å². The quantitative estimate of drug-likeness (QED) is 0.558. The van der Waals surface area contributed by atoms with Crippen LogP contribution in [-0.2, 0) is 10.2 Å². The number of carboxylic acid groups (broad SMARTS) is 1. The second kappa shape index (κ2) is 7.47. The summed E-state index contributed by atoms with van der Waals surface area (Å²) in [7, 11) is 0. The van der Waals surface area contributed by atoms with Crippen LogP contribution in [0.15, 0.2) is 34.6 Å². The zero-order valence-corrected chi connectivity index (χ0v) is 16.6. The molecule has 0 aliphatic heterocycles. The number of aromatic nitrogens is 3. The van der Waals surface area contributed by atoms with Gasteiger partial charge in [0.1, 0.15) is 11.2 Å². The number of aromatic hydroxyl groups is 1. The van der Waals surface area contributed by atoms with Gasteiger partial charge in [-0.1, -0.05) is 20.8 Å². The van der Waals surface area contributed by atoms with E-state index in [1.54, 1.807) is 0 Å². The Labute approximate surface area is 169 Å². The van der Waals surface area contributed by atoms with Crippen molar-refractivity contribution in [2.45, 2.75) is 26.2 Å². The SMILES string of the molecule is CC(C)(C)c1csc(NC(=O)c2ccn3c(=O)c(/C=C/C(=O)O)c(O)nc3c2)n1. The largest absolute Gasteiger partial charge is 0.493 e. The van der Waals surface area contributed by atoms with Crippen LogP contribution in [0.5, 0.6) is 5.88 Å². The van der Waals surface area contributed by atoms with Gasteiger partial charge in [-0.15, -0.1) is 11.3 Å². The molecule has 0 aliphatic rings. The summed E-state index contributed by atoms with van der Waals surface area (Å²) in [6, 6.07) is 2.77. The van der Waals surface area contributed by atoms with Crippen molar-refractivity contribution < 1.29 is 19.8 Å². The van der Waals surface area contributed by atoms with E-state index in [4.69, 9.17) is 5.11 Å². The third-order valence-electron chi connectivity index (χ3n) is 3.99. The molecule has 3 heterocycles. The van der Waals surface area contributed by atoms with Crippen LogP contribution in [0.1, 0.15) is 42.4 Å². The van der Waals surface area contributed by atoms with Crippen molar-refractivity contribution in [1.29, 1.82) is 0 Å². The van der Waals surface area contributed by atoms with Crippen LogP contribution in [0, 0.1) is 0 Å². The number of nitrogens with one attached hydrogen (secondary N) is 1. The van der Waals surface area contributed by atoms with Crippen molar-refractivity contribution in [3.05, 3.63) is 57.0 Å². The molecule has 0 atom stereocenters. The van der Waals surface area contributed by atoms with Gasteiger partial charge in [-0.2, -0.15) is 4.98 Å². The minimum Gasteiger partial charge on any atom is -0.493 e. The number of hydrogen-bond acceptors (Lipinski definition) is 7. The first-order chi connectivity index (χ1) is 13.6. The summed E-state index contributed by atoms with van der Waals surface area (Å²) in [6.45, 7) is 6.06. The highest BCUT2D eigenvalue weighted by molar-refractivity contribution is 7.14. The molecule has 0 saturated carbocycles. The lowest BCUT2D eigenvalue weighted by Crippen LogP contribution is -2.19. The van der Waals surface area contributed by atoms with Gasteiger partial charge in [0, 0.05) is 28.6 Å². The van der Waals surface area contributed by atoms with Crippen LogP contribution in [0.3, 0.4) is 0 Å². The maximum atomic E-state index is 12.5. The van der Waals surface area contributed by atoms with Crippen LogP contribution >= 0.6 is 11.3 Å². The summed E-state index contributed by atoms with van der Waals surface area (Å²) in [5.41, 5.74) is 0.0557. The predicted molar refractivity (Wildman–Crippen MR) is 109 cm³/mol. The molecule has 1 amide bonds. The van der Waals surface area contributed by atoms with Gasteiger partial charge < -0.3 is 10.2 Å². The van der Waals surface area contributed by atoms with E-state index < -0.39 is 23.3 Å². The number of nitrogens with zero attached hydrogens (tertiary/aromatic N) is 3. The third kappa shape index (κ3) is 4.32. The molecule has 3 rings (SSSR count). The van der Waals surface area contributed by atoms with E-state index in [0.717, 1.165) is 22.2 Å². The van der Waals surface area contributed by atoms with Crippen LogP contribution in [0.25, 0.3) is 11.7 Å². The monoisotopic (exact) mass is 414 g/mol. The molecule has 0 unspecified atom stereocenters. The van der Waals surface area contributed by atoms with Crippen LogP contribution < -0.4 is 10.9 Å². The molecule has 3 aromatic rings. The Kier molecular flexibility index (Phi) is 5.21. The van der Waals surface area contributed by atoms with E-state index in [0.29, 0.717) is 5.13 Å². The summed E-state index contributed by atoms with van der Waals surface area (Å²) in [5.74, 6) is -2.33. The van der Waals surface area contributed by atoms with Gasteiger partial charge in [0.15, 0.2) is 5.13 Å². The first kappa shape index (κ1) is 20.2. The topological polar surface area (TPSA) is 134 Å². The number of carboxylic acids is 1. The molecule has 9 nitrogen and oxygen atoms in total. The van der Waals surface area contributed by atoms with Gasteiger partial charge in [0.25, 0.3) is 11.5 Å². The fourth-order valence-corrected chi connectivity index (χ4v) is 3.36. The standard InChI is InChI=1S/C19H18N4O5S/c1-19(2,3)12-9-29-18(20-12)22-15(26)10-6-7-23-13(8-10)21-16(27)11(17(23)28)4-5-14(24)25/h4-9,27H,1-3H3,(H,24,25)(H,20,22,26)/b5-4+. The van der Waals surface area contributed by atoms with Crippen LogP contribution in [0.2, 0.25) is 0 Å². The second-order valence-corrected chi connectivity index (χ2v) is 8.07. The number of amides is 1. The molecule has 3 aromatic heterocycles. The fourth-order valence-electron chi connectivity index (χ4n) is 2.43. The molecule has 3 N–H and O–H groups in total. The zero-order valence-electron chi connectivity index (χ0n) is 15.8. The number of pyridine rings is 1. The predicted octanol–water partition coefficient (Wildman–Crippen LogP) is 2.50. The molecule has 0 bridgehead atoms. The lowest BCUT2D eigenvalue weighted by molar-refractivity contribution is -0.131. The molecular formula is C19H18N4O5S. The average Bonchev–Trinajstić information content (AvgIpc) is 3.09. The molecule has 150 valence electrons. The van der Waals surface area contributed by atoms with Gasteiger partial charge in [0.2, 0.25) is 5.88 Å². The Hall–Kier alpha value is -3.53. The zero-order chi connectivity index (χ0) is 21.3. The van der Waals surface area contributed by atoms with E-state index in [-0.39, 0.29) is 22.2 Å². The summed E-state index contributed by atoms with van der Waals surface area (Å²) in [4.78, 5) is 43.9. The number of thiazole rings is 1. The van der Waals surface area contributed by atoms with E-state index in [1.807, 2.05) is 26.2 Å². The number of anilines is 1. The van der Waals surface area contributed by atoms with Gasteiger partial charge in [0.05, 0.1) is 5.69 Å². The Balaban J connectivity index is 1.92. The van der Waals surface area contributed by atoms with E-state index in [2.05, 4.69) is 15.3 Å². The number of carbonyl (C=O) groups excluding carboxylic acids is 1. The van der Waals surface area contributed by atoms with Gasteiger partial charge in [-0.3, -0.25) is 19.3 Å². The van der Waals surface area contributed by atoms with Crippen molar-refractivity contribution >= 4 is 40.1 Å². The Bertz CT molecular complexity index is 1200. The summed E-state index contributed by atoms with van der Waals surface area (Å²) < 4.78 is 1.11. The number of fused-ring (bicyclic) bond motifs is 1. The van der Waals surface area contributed by atoms with Crippen molar-refractivity contribution in [1.82, 2.24) is 14.4 Å². The molecule has 0 aromatic carbocycles. The normalized spacial score (nSPS) is 11.8. The average molecular weight is 414 g/mol. The number of carbonyl (C=O) groups is 2. The number of aliphatic carboxylic acids is 1. The van der Waals surface area contributed by atoms with Crippen LogP contribution in [0.4, 0.5) is 5.13 Å². The van der Waals surface area contributed by atoms with E-state index in [1.165, 1.54) is 29.7 Å². The molecule has 0 spiro atoms. The van der Waals surface area contributed by atoms with Gasteiger partial charge in [-0.25, -0.2) is 9.78 Å². The highest BCUT2D eigenvalue weighted by Gasteiger charge is 2.19. The maximum absolute atomic E-state index is 12.5. The lowest BCUT2D eigenvalue weighted by Gasteiger charge is -2.14. The Morgan fingerprint density at radius 2 is 2.00 bits per heavy atom. The smallest absolute Gasteiger partial charge is 0.328 e. The minimum absolute atomic E-state index is 0.0437. The van der Waals surface area contributed by atoms with Crippen molar-refractivity contribution in [3.8, 4) is 5.88 Å². The first-order valence-corrected chi connectivity index (χ1v) is 9.38. The van der Waals surface area contributed by atoms with Gasteiger partial charge in [-0.05, 0) is 18.2 Å². The second-order valence-electron chi connectivity index (χ2n) is 7.21. The summed E-state index contributed by atoms with van der Waals surface area (Å²) in [6.07, 6.45) is 3.03. The molecule has 0 saturated heterocycles. The van der Waals surface area contributed by atoms with E-state index in [9.17, 15) is 19.5 Å². The fraction of sp³-hybridized carbons (Fsp3) is 0.211. The molecule has 0 radical (unpaired) electrons. The van der Waals surface area contributed by atoms with Crippen molar-refractivity contribution in [3.63, 3.8) is 0 Å².